The zero-order chi connectivity index (χ0) is 8.97. The number of rotatable bonds is 2. The molecule has 1 rings (SSSR count). The third-order valence-corrected chi connectivity index (χ3v) is 2.12. The SMILES string of the molecule is CC(S)C(=O)NC1CCCOC1. The van der Waals surface area contributed by atoms with Crippen LogP contribution in [-0.4, -0.2) is 30.4 Å². The van der Waals surface area contributed by atoms with Crippen LogP contribution in [0.15, 0.2) is 0 Å². The number of carbonyl (C=O) groups is 1. The average Bonchev–Trinajstić information content (AvgIpc) is 2.06. The van der Waals surface area contributed by atoms with Crippen LogP contribution in [0.3, 0.4) is 0 Å². The van der Waals surface area contributed by atoms with E-state index in [4.69, 9.17) is 4.74 Å². The third-order valence-electron chi connectivity index (χ3n) is 1.89. The molecule has 0 radical (unpaired) electrons. The summed E-state index contributed by atoms with van der Waals surface area (Å²) in [7, 11) is 0. The largest absolute Gasteiger partial charge is 0.379 e. The second kappa shape index (κ2) is 4.72. The number of hydrogen-bond acceptors (Lipinski definition) is 3. The highest BCUT2D eigenvalue weighted by molar-refractivity contribution is 7.81. The van der Waals surface area contributed by atoms with E-state index in [1.165, 1.54) is 0 Å². The Kier molecular flexibility index (Phi) is 3.88. The lowest BCUT2D eigenvalue weighted by atomic mass is 10.1. The zero-order valence-electron chi connectivity index (χ0n) is 7.25. The van der Waals surface area contributed by atoms with Gasteiger partial charge in [0, 0.05) is 6.61 Å². The third kappa shape index (κ3) is 3.03. The highest BCUT2D eigenvalue weighted by Gasteiger charge is 2.17. The predicted molar refractivity (Wildman–Crippen MR) is 50.4 cm³/mol. The monoisotopic (exact) mass is 189 g/mol. The van der Waals surface area contributed by atoms with Crippen molar-refractivity contribution in [1.29, 1.82) is 0 Å². The first-order valence-corrected chi connectivity index (χ1v) is 4.78. The minimum Gasteiger partial charge on any atom is -0.379 e. The van der Waals surface area contributed by atoms with Gasteiger partial charge in [0.25, 0.3) is 0 Å². The molecule has 0 aromatic heterocycles. The summed E-state index contributed by atoms with van der Waals surface area (Å²) < 4.78 is 5.22. The van der Waals surface area contributed by atoms with E-state index >= 15 is 0 Å². The molecule has 1 N–H and O–H groups in total. The van der Waals surface area contributed by atoms with Crippen molar-refractivity contribution < 1.29 is 9.53 Å². The van der Waals surface area contributed by atoms with Crippen molar-refractivity contribution in [2.75, 3.05) is 13.2 Å². The molecule has 4 heteroatoms. The van der Waals surface area contributed by atoms with Crippen LogP contribution in [0.5, 0.6) is 0 Å². The van der Waals surface area contributed by atoms with Crippen molar-refractivity contribution >= 4 is 18.5 Å². The number of carbonyl (C=O) groups excluding carboxylic acids is 1. The normalized spacial score (nSPS) is 26.3. The van der Waals surface area contributed by atoms with E-state index in [-0.39, 0.29) is 17.2 Å². The van der Waals surface area contributed by atoms with Crippen LogP contribution in [0.25, 0.3) is 0 Å². The molecule has 2 unspecified atom stereocenters. The first-order valence-electron chi connectivity index (χ1n) is 4.26. The van der Waals surface area contributed by atoms with Crippen LogP contribution in [0.1, 0.15) is 19.8 Å². The summed E-state index contributed by atoms with van der Waals surface area (Å²) in [6, 6.07) is 0.195. The molecular weight excluding hydrogens is 174 g/mol. The van der Waals surface area contributed by atoms with Gasteiger partial charge in [-0.25, -0.2) is 0 Å². The fourth-order valence-corrected chi connectivity index (χ4v) is 1.25. The maximum absolute atomic E-state index is 11.2. The molecule has 1 saturated heterocycles. The van der Waals surface area contributed by atoms with Gasteiger partial charge in [-0.2, -0.15) is 12.6 Å². The number of nitrogens with one attached hydrogen (secondary N) is 1. The lowest BCUT2D eigenvalue weighted by molar-refractivity contribution is -0.121. The summed E-state index contributed by atoms with van der Waals surface area (Å²) in [6.45, 7) is 3.23. The van der Waals surface area contributed by atoms with Gasteiger partial charge in [0.05, 0.1) is 17.9 Å². The molecule has 1 aliphatic rings. The summed E-state index contributed by atoms with van der Waals surface area (Å²) in [6.07, 6.45) is 2.05. The summed E-state index contributed by atoms with van der Waals surface area (Å²) in [4.78, 5) is 11.2. The minimum absolute atomic E-state index is 0.00571. The van der Waals surface area contributed by atoms with Gasteiger partial charge in [-0.3, -0.25) is 4.79 Å². The first-order chi connectivity index (χ1) is 5.70. The lowest BCUT2D eigenvalue weighted by Crippen LogP contribution is -2.43. The van der Waals surface area contributed by atoms with Crippen LogP contribution in [0, 0.1) is 0 Å². The van der Waals surface area contributed by atoms with E-state index in [1.807, 2.05) is 0 Å². The van der Waals surface area contributed by atoms with Gasteiger partial charge in [0.15, 0.2) is 0 Å². The summed E-state index contributed by atoms with van der Waals surface area (Å²) in [5.74, 6) is -0.00571. The zero-order valence-corrected chi connectivity index (χ0v) is 8.14. The van der Waals surface area contributed by atoms with Crippen molar-refractivity contribution in [2.24, 2.45) is 0 Å². The molecule has 0 aromatic carbocycles. The molecule has 2 atom stereocenters. The molecule has 12 heavy (non-hydrogen) atoms. The molecular formula is C8H15NO2S. The topological polar surface area (TPSA) is 38.3 Å². The molecule has 0 bridgehead atoms. The van der Waals surface area contributed by atoms with Crippen LogP contribution in [0.4, 0.5) is 0 Å². The van der Waals surface area contributed by atoms with Gasteiger partial charge >= 0.3 is 0 Å². The Morgan fingerprint density at radius 1 is 1.75 bits per heavy atom. The Morgan fingerprint density at radius 3 is 3.00 bits per heavy atom. The van der Waals surface area contributed by atoms with E-state index in [0.717, 1.165) is 19.4 Å². The molecule has 3 nitrogen and oxygen atoms in total. The van der Waals surface area contributed by atoms with Crippen molar-refractivity contribution in [3.05, 3.63) is 0 Å². The minimum atomic E-state index is -0.230. The van der Waals surface area contributed by atoms with Crippen molar-refractivity contribution in [3.8, 4) is 0 Å². The van der Waals surface area contributed by atoms with Gasteiger partial charge in [0.1, 0.15) is 0 Å². The second-order valence-electron chi connectivity index (χ2n) is 3.10. The smallest absolute Gasteiger partial charge is 0.232 e. The second-order valence-corrected chi connectivity index (χ2v) is 3.87. The van der Waals surface area contributed by atoms with Crippen molar-refractivity contribution in [3.63, 3.8) is 0 Å². The Labute approximate surface area is 78.3 Å². The summed E-state index contributed by atoms with van der Waals surface area (Å²) in [5.41, 5.74) is 0. The van der Waals surface area contributed by atoms with E-state index in [1.54, 1.807) is 6.92 Å². The van der Waals surface area contributed by atoms with Crippen LogP contribution >= 0.6 is 12.6 Å². The molecule has 1 heterocycles. The van der Waals surface area contributed by atoms with Crippen molar-refractivity contribution in [2.45, 2.75) is 31.1 Å². The van der Waals surface area contributed by atoms with E-state index in [2.05, 4.69) is 17.9 Å². The molecule has 0 aliphatic carbocycles. The summed E-state index contributed by atoms with van der Waals surface area (Å²) >= 11 is 4.04. The van der Waals surface area contributed by atoms with E-state index in [9.17, 15) is 4.79 Å². The Hall–Kier alpha value is -0.220. The Morgan fingerprint density at radius 2 is 2.50 bits per heavy atom. The Balaban J connectivity index is 2.24. The van der Waals surface area contributed by atoms with Crippen LogP contribution < -0.4 is 5.32 Å². The van der Waals surface area contributed by atoms with Gasteiger partial charge in [-0.1, -0.05) is 0 Å². The fourth-order valence-electron chi connectivity index (χ4n) is 1.18. The van der Waals surface area contributed by atoms with Crippen LogP contribution in [0.2, 0.25) is 0 Å². The average molecular weight is 189 g/mol. The van der Waals surface area contributed by atoms with Gasteiger partial charge in [0.2, 0.25) is 5.91 Å². The first kappa shape index (κ1) is 9.86. The lowest BCUT2D eigenvalue weighted by Gasteiger charge is -2.23. The van der Waals surface area contributed by atoms with Crippen LogP contribution in [-0.2, 0) is 9.53 Å². The van der Waals surface area contributed by atoms with Gasteiger partial charge < -0.3 is 10.1 Å². The number of amides is 1. The molecule has 0 saturated carbocycles. The molecule has 0 aromatic rings. The molecule has 70 valence electrons. The maximum Gasteiger partial charge on any atom is 0.232 e. The van der Waals surface area contributed by atoms with E-state index in [0.29, 0.717) is 6.61 Å². The summed E-state index contributed by atoms with van der Waals surface area (Å²) in [5, 5.41) is 2.65. The molecule has 1 fully saturated rings. The standard InChI is InChI=1S/C8H15NO2S/c1-6(12)8(10)9-7-3-2-4-11-5-7/h6-7,12H,2-5H2,1H3,(H,9,10). The quantitative estimate of drug-likeness (QED) is 0.624. The molecule has 1 aliphatic heterocycles. The van der Waals surface area contributed by atoms with Crippen molar-refractivity contribution in [1.82, 2.24) is 5.32 Å². The molecule has 0 spiro atoms. The number of ether oxygens (including phenoxy) is 1. The maximum atomic E-state index is 11.2. The highest BCUT2D eigenvalue weighted by Crippen LogP contribution is 2.06. The number of thiol groups is 1. The number of hydrogen-bond donors (Lipinski definition) is 2. The molecule has 1 amide bonds. The fraction of sp³-hybridized carbons (Fsp3) is 0.875. The predicted octanol–water partition coefficient (Wildman–Crippen LogP) is 0.600. The highest BCUT2D eigenvalue weighted by atomic mass is 32.1. The Bertz CT molecular complexity index is 155. The van der Waals surface area contributed by atoms with Gasteiger partial charge in [-0.05, 0) is 19.8 Å². The van der Waals surface area contributed by atoms with E-state index < -0.39 is 0 Å². The van der Waals surface area contributed by atoms with Gasteiger partial charge in [-0.15, -0.1) is 0 Å².